The third-order valence-corrected chi connectivity index (χ3v) is 3.95. The average molecular weight is 329 g/mol. The minimum atomic E-state index is 0.0176. The summed E-state index contributed by atoms with van der Waals surface area (Å²) in [4.78, 5) is 0. The molecule has 0 aliphatic rings. The van der Waals surface area contributed by atoms with Gasteiger partial charge in [0.05, 0.1) is 6.04 Å². The van der Waals surface area contributed by atoms with Gasteiger partial charge in [0, 0.05) is 9.50 Å². The van der Waals surface area contributed by atoms with Gasteiger partial charge in [0.2, 0.25) is 0 Å². The Kier molecular flexibility index (Phi) is 4.15. The van der Waals surface area contributed by atoms with E-state index in [1.54, 1.807) is 0 Å². The van der Waals surface area contributed by atoms with Crippen molar-refractivity contribution in [1.82, 2.24) is 5.32 Å². The maximum atomic E-state index is 5.97. The van der Waals surface area contributed by atoms with Gasteiger partial charge in [0.25, 0.3) is 0 Å². The summed E-state index contributed by atoms with van der Waals surface area (Å²) in [5, 5.41) is 3.98. The van der Waals surface area contributed by atoms with E-state index < -0.39 is 0 Å². The molecule has 1 aromatic heterocycles. The van der Waals surface area contributed by atoms with Gasteiger partial charge in [-0.3, -0.25) is 0 Å². The molecule has 0 aliphatic heterocycles. The van der Waals surface area contributed by atoms with Crippen molar-refractivity contribution in [3.05, 3.63) is 56.4 Å². The van der Waals surface area contributed by atoms with Crippen LogP contribution in [0.3, 0.4) is 0 Å². The van der Waals surface area contributed by atoms with Crippen molar-refractivity contribution in [2.45, 2.75) is 19.9 Å². The summed E-state index contributed by atoms with van der Waals surface area (Å²) < 4.78 is 6.76. The highest BCUT2D eigenvalue weighted by molar-refractivity contribution is 9.10. The lowest BCUT2D eigenvalue weighted by atomic mass is 10.0. The molecule has 0 bridgehead atoms. The standard InChI is InChI=1S/C14H15BrClNO/c1-8-6-13(18-9(8)2)14(17-3)11-5-4-10(16)7-12(11)15/h4-7,14,17H,1-3H3. The van der Waals surface area contributed by atoms with E-state index >= 15 is 0 Å². The Morgan fingerprint density at radius 3 is 2.50 bits per heavy atom. The van der Waals surface area contributed by atoms with E-state index in [0.29, 0.717) is 5.02 Å². The zero-order valence-electron chi connectivity index (χ0n) is 10.6. The quantitative estimate of drug-likeness (QED) is 0.889. The fourth-order valence-electron chi connectivity index (χ4n) is 1.93. The fourth-order valence-corrected chi connectivity index (χ4v) is 2.84. The molecule has 1 N–H and O–H groups in total. The molecule has 0 aliphatic carbocycles. The van der Waals surface area contributed by atoms with Crippen molar-refractivity contribution < 1.29 is 4.42 Å². The van der Waals surface area contributed by atoms with Crippen LogP contribution in [0.25, 0.3) is 0 Å². The van der Waals surface area contributed by atoms with Crippen LogP contribution in [0.2, 0.25) is 5.02 Å². The molecule has 0 saturated carbocycles. The van der Waals surface area contributed by atoms with Crippen molar-refractivity contribution >= 4 is 27.5 Å². The summed E-state index contributed by atoms with van der Waals surface area (Å²) in [5.41, 5.74) is 2.27. The van der Waals surface area contributed by atoms with Crippen LogP contribution in [0.15, 0.2) is 33.2 Å². The van der Waals surface area contributed by atoms with E-state index in [9.17, 15) is 0 Å². The fraction of sp³-hybridized carbons (Fsp3) is 0.286. The minimum absolute atomic E-state index is 0.0176. The van der Waals surface area contributed by atoms with Crippen LogP contribution in [-0.4, -0.2) is 7.05 Å². The number of nitrogens with one attached hydrogen (secondary N) is 1. The molecule has 0 radical (unpaired) electrons. The maximum Gasteiger partial charge on any atom is 0.125 e. The van der Waals surface area contributed by atoms with Gasteiger partial charge in [-0.2, -0.15) is 0 Å². The Morgan fingerprint density at radius 2 is 2.00 bits per heavy atom. The molecule has 1 aromatic carbocycles. The van der Waals surface area contributed by atoms with Crippen LogP contribution in [0, 0.1) is 13.8 Å². The second kappa shape index (κ2) is 5.47. The molecule has 2 rings (SSSR count). The van der Waals surface area contributed by atoms with Crippen LogP contribution < -0.4 is 5.32 Å². The van der Waals surface area contributed by atoms with Gasteiger partial charge < -0.3 is 9.73 Å². The molecule has 0 spiro atoms. The predicted molar refractivity (Wildman–Crippen MR) is 78.2 cm³/mol. The monoisotopic (exact) mass is 327 g/mol. The molecule has 18 heavy (non-hydrogen) atoms. The van der Waals surface area contributed by atoms with Crippen molar-refractivity contribution in [2.75, 3.05) is 7.05 Å². The molecule has 1 atom stereocenters. The molecule has 2 nitrogen and oxygen atoms in total. The third kappa shape index (κ3) is 2.63. The molecule has 0 amide bonds. The first kappa shape index (κ1) is 13.7. The van der Waals surface area contributed by atoms with Crippen LogP contribution in [0.4, 0.5) is 0 Å². The van der Waals surface area contributed by atoms with Gasteiger partial charge in [0.1, 0.15) is 11.5 Å². The first-order valence-corrected chi connectivity index (χ1v) is 6.89. The van der Waals surface area contributed by atoms with Gasteiger partial charge in [-0.15, -0.1) is 0 Å². The van der Waals surface area contributed by atoms with Crippen LogP contribution >= 0.6 is 27.5 Å². The summed E-state index contributed by atoms with van der Waals surface area (Å²) in [6, 6.07) is 7.86. The highest BCUT2D eigenvalue weighted by Gasteiger charge is 2.19. The van der Waals surface area contributed by atoms with Crippen LogP contribution in [0.5, 0.6) is 0 Å². The van der Waals surface area contributed by atoms with Gasteiger partial charge in [0.15, 0.2) is 0 Å². The molecule has 0 fully saturated rings. The number of benzene rings is 1. The first-order valence-electron chi connectivity index (χ1n) is 5.72. The highest BCUT2D eigenvalue weighted by Crippen LogP contribution is 2.32. The van der Waals surface area contributed by atoms with Crippen molar-refractivity contribution in [1.29, 1.82) is 0 Å². The Morgan fingerprint density at radius 1 is 1.28 bits per heavy atom. The third-order valence-electron chi connectivity index (χ3n) is 3.03. The minimum Gasteiger partial charge on any atom is -0.464 e. The number of furan rings is 1. The molecule has 1 heterocycles. The number of halogens is 2. The Balaban J connectivity index is 2.45. The lowest BCUT2D eigenvalue weighted by Gasteiger charge is -2.16. The molecule has 0 saturated heterocycles. The van der Waals surface area contributed by atoms with E-state index in [1.807, 2.05) is 39.1 Å². The number of rotatable bonds is 3. The molecule has 4 heteroatoms. The lowest BCUT2D eigenvalue weighted by molar-refractivity contribution is 0.442. The molecule has 96 valence electrons. The topological polar surface area (TPSA) is 25.2 Å². The number of hydrogen-bond acceptors (Lipinski definition) is 2. The van der Waals surface area contributed by atoms with E-state index in [2.05, 4.69) is 27.3 Å². The lowest BCUT2D eigenvalue weighted by Crippen LogP contribution is -2.17. The summed E-state index contributed by atoms with van der Waals surface area (Å²) in [7, 11) is 1.92. The van der Waals surface area contributed by atoms with Gasteiger partial charge in [-0.25, -0.2) is 0 Å². The Labute approximate surface area is 120 Å². The van der Waals surface area contributed by atoms with Crippen LogP contribution in [-0.2, 0) is 0 Å². The van der Waals surface area contributed by atoms with Crippen molar-refractivity contribution in [3.8, 4) is 0 Å². The molecular weight excluding hydrogens is 314 g/mol. The average Bonchev–Trinajstić information content (AvgIpc) is 2.63. The summed E-state index contributed by atoms with van der Waals surface area (Å²) >= 11 is 9.51. The molecular formula is C14H15BrClNO. The predicted octanol–water partition coefficient (Wildman–Crippen LogP) is 4.62. The SMILES string of the molecule is CNC(c1cc(C)c(C)o1)c1ccc(Cl)cc1Br. The van der Waals surface area contributed by atoms with E-state index in [0.717, 1.165) is 27.1 Å². The van der Waals surface area contributed by atoms with Gasteiger partial charge in [-0.05, 0) is 50.2 Å². The van der Waals surface area contributed by atoms with E-state index in [4.69, 9.17) is 16.0 Å². The zero-order chi connectivity index (χ0) is 13.3. The van der Waals surface area contributed by atoms with E-state index in [1.165, 1.54) is 0 Å². The Hall–Kier alpha value is -0.770. The second-order valence-corrected chi connectivity index (χ2v) is 5.57. The number of hydrogen-bond donors (Lipinski definition) is 1. The zero-order valence-corrected chi connectivity index (χ0v) is 12.9. The Bertz CT molecular complexity index is 545. The summed E-state index contributed by atoms with van der Waals surface area (Å²) in [6.45, 7) is 4.02. The maximum absolute atomic E-state index is 5.97. The summed E-state index contributed by atoms with van der Waals surface area (Å²) in [6.07, 6.45) is 0. The van der Waals surface area contributed by atoms with Gasteiger partial charge in [-0.1, -0.05) is 33.6 Å². The van der Waals surface area contributed by atoms with Crippen LogP contribution in [0.1, 0.15) is 28.7 Å². The second-order valence-electron chi connectivity index (χ2n) is 4.28. The van der Waals surface area contributed by atoms with E-state index in [-0.39, 0.29) is 6.04 Å². The largest absolute Gasteiger partial charge is 0.464 e. The number of aryl methyl sites for hydroxylation is 2. The first-order chi connectivity index (χ1) is 8.52. The summed E-state index contributed by atoms with van der Waals surface area (Å²) in [5.74, 6) is 1.87. The van der Waals surface area contributed by atoms with Gasteiger partial charge >= 0.3 is 0 Å². The molecule has 1 unspecified atom stereocenters. The molecule has 2 aromatic rings. The normalized spacial score (nSPS) is 12.7. The smallest absolute Gasteiger partial charge is 0.125 e. The highest BCUT2D eigenvalue weighted by atomic mass is 79.9. The van der Waals surface area contributed by atoms with Crippen molar-refractivity contribution in [2.24, 2.45) is 0 Å². The van der Waals surface area contributed by atoms with Crippen molar-refractivity contribution in [3.63, 3.8) is 0 Å².